The summed E-state index contributed by atoms with van der Waals surface area (Å²) in [7, 11) is 1.66. The average molecular weight is 433 g/mol. The highest BCUT2D eigenvalue weighted by molar-refractivity contribution is 7.77. The SMILES string of the molecule is COc1cccc(C2(CNS(=O)O)CCC(NCc3cccc4c3OCO4)CC2)c1. The van der Waals surface area contributed by atoms with E-state index in [1.807, 2.05) is 30.3 Å². The first-order valence-corrected chi connectivity index (χ1v) is 11.3. The number of rotatable bonds is 8. The lowest BCUT2D eigenvalue weighted by Crippen LogP contribution is -2.45. The van der Waals surface area contributed by atoms with Gasteiger partial charge in [0.2, 0.25) is 18.1 Å². The highest BCUT2D eigenvalue weighted by atomic mass is 32.2. The maximum absolute atomic E-state index is 11.3. The number of ether oxygens (including phenoxy) is 3. The first kappa shape index (κ1) is 21.1. The van der Waals surface area contributed by atoms with Crippen LogP contribution in [0.5, 0.6) is 17.2 Å². The van der Waals surface area contributed by atoms with Gasteiger partial charge in [0.1, 0.15) is 5.75 Å². The molecule has 7 nitrogen and oxygen atoms in total. The molecule has 8 heteroatoms. The molecule has 1 aliphatic heterocycles. The van der Waals surface area contributed by atoms with Crippen molar-refractivity contribution in [3.63, 3.8) is 0 Å². The molecule has 1 saturated carbocycles. The standard InChI is InChI=1S/C22H28N2O5S/c1-27-19-6-3-5-17(12-19)22(14-24-30(25)26)10-8-18(9-11-22)23-13-16-4-2-7-20-21(16)29-15-28-20/h2-7,12,18,23-24H,8-11,13-15H2,1H3,(H,25,26). The van der Waals surface area contributed by atoms with Crippen molar-refractivity contribution in [2.24, 2.45) is 0 Å². The number of nitrogens with one attached hydrogen (secondary N) is 2. The summed E-state index contributed by atoms with van der Waals surface area (Å²) >= 11 is -2.03. The Bertz CT molecular complexity index is 899. The fourth-order valence-electron chi connectivity index (χ4n) is 4.48. The van der Waals surface area contributed by atoms with Crippen molar-refractivity contribution in [3.05, 3.63) is 53.6 Å². The summed E-state index contributed by atoms with van der Waals surface area (Å²) in [6.07, 6.45) is 3.77. The number of benzene rings is 2. The van der Waals surface area contributed by atoms with E-state index in [2.05, 4.69) is 22.2 Å². The second-order valence-corrected chi connectivity index (χ2v) is 8.68. The first-order chi connectivity index (χ1) is 14.6. The quantitative estimate of drug-likeness (QED) is 0.556. The fraction of sp³-hybridized carbons (Fsp3) is 0.455. The zero-order valence-electron chi connectivity index (χ0n) is 17.1. The monoisotopic (exact) mass is 432 g/mol. The summed E-state index contributed by atoms with van der Waals surface area (Å²) in [5.41, 5.74) is 2.05. The van der Waals surface area contributed by atoms with Gasteiger partial charge in [-0.15, -0.1) is 0 Å². The van der Waals surface area contributed by atoms with Crippen molar-refractivity contribution >= 4 is 11.3 Å². The Morgan fingerprint density at radius 3 is 2.77 bits per heavy atom. The third kappa shape index (κ3) is 4.62. The summed E-state index contributed by atoms with van der Waals surface area (Å²) < 4.78 is 39.8. The van der Waals surface area contributed by atoms with E-state index in [9.17, 15) is 8.76 Å². The van der Waals surface area contributed by atoms with Crippen LogP contribution in [-0.2, 0) is 23.2 Å². The van der Waals surface area contributed by atoms with Crippen molar-refractivity contribution in [2.75, 3.05) is 20.4 Å². The van der Waals surface area contributed by atoms with Gasteiger partial charge in [0.25, 0.3) is 0 Å². The van der Waals surface area contributed by atoms with Crippen LogP contribution < -0.4 is 24.2 Å². The van der Waals surface area contributed by atoms with Gasteiger partial charge >= 0.3 is 0 Å². The Labute approximate surface area is 179 Å². The molecule has 2 aromatic rings. The minimum atomic E-state index is -2.03. The van der Waals surface area contributed by atoms with Crippen molar-refractivity contribution in [2.45, 2.75) is 43.7 Å². The number of methoxy groups -OCH3 is 1. The van der Waals surface area contributed by atoms with Crippen LogP contribution in [-0.4, -0.2) is 35.3 Å². The summed E-state index contributed by atoms with van der Waals surface area (Å²) in [6.45, 7) is 1.45. The minimum Gasteiger partial charge on any atom is -0.497 e. The van der Waals surface area contributed by atoms with Gasteiger partial charge in [-0.3, -0.25) is 4.55 Å². The molecule has 0 bridgehead atoms. The topological polar surface area (TPSA) is 89.1 Å². The molecule has 4 rings (SSSR count). The Hall–Kier alpha value is -2.13. The van der Waals surface area contributed by atoms with Crippen molar-refractivity contribution in [1.29, 1.82) is 0 Å². The lowest BCUT2D eigenvalue weighted by atomic mass is 9.68. The van der Waals surface area contributed by atoms with Gasteiger partial charge in [-0.1, -0.05) is 24.3 Å². The summed E-state index contributed by atoms with van der Waals surface area (Å²) in [4.78, 5) is 0. The molecule has 0 amide bonds. The smallest absolute Gasteiger partial charge is 0.231 e. The predicted molar refractivity (Wildman–Crippen MR) is 115 cm³/mol. The van der Waals surface area contributed by atoms with E-state index in [0.717, 1.165) is 60.6 Å². The van der Waals surface area contributed by atoms with E-state index in [1.165, 1.54) is 0 Å². The number of para-hydroxylation sites is 1. The van der Waals surface area contributed by atoms with E-state index in [1.54, 1.807) is 7.11 Å². The molecule has 1 fully saturated rings. The van der Waals surface area contributed by atoms with E-state index in [-0.39, 0.29) is 12.2 Å². The molecule has 2 aliphatic rings. The van der Waals surface area contributed by atoms with Crippen LogP contribution in [0.4, 0.5) is 0 Å². The second kappa shape index (κ2) is 9.34. The molecular weight excluding hydrogens is 404 g/mol. The molecule has 1 unspecified atom stereocenters. The zero-order valence-corrected chi connectivity index (χ0v) is 17.9. The number of hydrogen-bond acceptors (Lipinski definition) is 5. The van der Waals surface area contributed by atoms with Gasteiger partial charge in [-0.05, 0) is 49.4 Å². The van der Waals surface area contributed by atoms with Gasteiger partial charge in [0.15, 0.2) is 11.5 Å². The van der Waals surface area contributed by atoms with Crippen LogP contribution in [0, 0.1) is 0 Å². The van der Waals surface area contributed by atoms with Crippen molar-refractivity contribution in [3.8, 4) is 17.2 Å². The lowest BCUT2D eigenvalue weighted by Gasteiger charge is -2.41. The van der Waals surface area contributed by atoms with Crippen molar-refractivity contribution < 1.29 is 23.0 Å². The largest absolute Gasteiger partial charge is 0.497 e. The Kier molecular flexibility index (Phi) is 6.58. The summed E-state index contributed by atoms with van der Waals surface area (Å²) in [5.74, 6) is 2.44. The van der Waals surface area contributed by atoms with Gasteiger partial charge in [-0.2, -0.15) is 0 Å². The molecule has 1 heterocycles. The van der Waals surface area contributed by atoms with Gasteiger partial charge < -0.3 is 19.5 Å². The van der Waals surface area contributed by atoms with Crippen LogP contribution in [0.2, 0.25) is 0 Å². The van der Waals surface area contributed by atoms with Crippen LogP contribution in [0.3, 0.4) is 0 Å². The Balaban J connectivity index is 1.42. The van der Waals surface area contributed by atoms with Crippen LogP contribution in [0.25, 0.3) is 0 Å². The second-order valence-electron chi connectivity index (χ2n) is 7.89. The van der Waals surface area contributed by atoms with Crippen LogP contribution in [0.1, 0.15) is 36.8 Å². The minimum absolute atomic E-state index is 0.198. The van der Waals surface area contributed by atoms with E-state index in [0.29, 0.717) is 12.6 Å². The maximum atomic E-state index is 11.3. The highest BCUT2D eigenvalue weighted by Gasteiger charge is 2.37. The normalized spacial score (nSPS) is 23.9. The fourth-order valence-corrected chi connectivity index (χ4v) is 4.88. The van der Waals surface area contributed by atoms with Crippen molar-refractivity contribution in [1.82, 2.24) is 10.0 Å². The lowest BCUT2D eigenvalue weighted by molar-refractivity contribution is 0.173. The Morgan fingerprint density at radius 1 is 1.20 bits per heavy atom. The molecule has 3 N–H and O–H groups in total. The third-order valence-corrected chi connectivity index (χ3v) is 6.61. The van der Waals surface area contributed by atoms with Crippen LogP contribution in [0.15, 0.2) is 42.5 Å². The van der Waals surface area contributed by atoms with E-state index < -0.39 is 11.3 Å². The van der Waals surface area contributed by atoms with Crippen LogP contribution >= 0.6 is 0 Å². The molecular formula is C22H28N2O5S. The van der Waals surface area contributed by atoms with E-state index in [4.69, 9.17) is 14.2 Å². The maximum Gasteiger partial charge on any atom is 0.231 e. The average Bonchev–Trinajstić information content (AvgIpc) is 3.26. The number of hydrogen-bond donors (Lipinski definition) is 3. The zero-order chi connectivity index (χ0) is 21.0. The van der Waals surface area contributed by atoms with Gasteiger partial charge in [-0.25, -0.2) is 8.93 Å². The molecule has 30 heavy (non-hydrogen) atoms. The summed E-state index contributed by atoms with van der Waals surface area (Å²) in [5, 5.41) is 3.65. The molecule has 1 atom stereocenters. The first-order valence-electron chi connectivity index (χ1n) is 10.2. The molecule has 0 radical (unpaired) electrons. The molecule has 1 aliphatic carbocycles. The third-order valence-electron chi connectivity index (χ3n) is 6.22. The van der Waals surface area contributed by atoms with E-state index >= 15 is 0 Å². The molecule has 0 spiro atoms. The predicted octanol–water partition coefficient (Wildman–Crippen LogP) is 3.12. The molecule has 0 saturated heterocycles. The van der Waals surface area contributed by atoms with Gasteiger partial charge in [0.05, 0.1) is 7.11 Å². The number of fused-ring (bicyclic) bond motifs is 1. The van der Waals surface area contributed by atoms with Gasteiger partial charge in [0, 0.05) is 30.1 Å². The molecule has 162 valence electrons. The molecule has 0 aromatic heterocycles. The Morgan fingerprint density at radius 2 is 2.00 bits per heavy atom. The highest BCUT2D eigenvalue weighted by Crippen LogP contribution is 2.41. The molecule has 2 aromatic carbocycles. The summed E-state index contributed by atoms with van der Waals surface area (Å²) in [6, 6.07) is 14.4.